The van der Waals surface area contributed by atoms with Gasteiger partial charge in [0.2, 0.25) is 10.0 Å². The van der Waals surface area contributed by atoms with Crippen molar-refractivity contribution in [1.82, 2.24) is 0 Å². The Hall–Kier alpha value is -2.17. The molecule has 0 bridgehead atoms. The topological polar surface area (TPSA) is 97.7 Å². The van der Waals surface area contributed by atoms with Gasteiger partial charge in [0.15, 0.2) is 0 Å². The van der Waals surface area contributed by atoms with E-state index in [1.54, 1.807) is 18.3 Å². The van der Waals surface area contributed by atoms with Gasteiger partial charge in [0.1, 0.15) is 11.5 Å². The second kappa shape index (κ2) is 7.38. The molecule has 1 aromatic heterocycles. The number of nitrogens with zero attached hydrogens (tertiary/aromatic N) is 1. The number of anilines is 1. The van der Waals surface area contributed by atoms with Crippen LogP contribution >= 0.6 is 22.6 Å². The van der Waals surface area contributed by atoms with E-state index in [4.69, 9.17) is 9.56 Å². The highest BCUT2D eigenvalue weighted by molar-refractivity contribution is 14.1. The molecule has 2 aromatic carbocycles. The number of halogens is 1. The van der Waals surface area contributed by atoms with Gasteiger partial charge in [-0.25, -0.2) is 13.6 Å². The van der Waals surface area contributed by atoms with Gasteiger partial charge in [0.25, 0.3) is 0 Å². The molecule has 128 valence electrons. The van der Waals surface area contributed by atoms with E-state index < -0.39 is 10.0 Å². The van der Waals surface area contributed by atoms with Gasteiger partial charge in [0.05, 0.1) is 16.8 Å². The standard InChI is InChI=1S/C17H14IN3O3S/c18-13-3-1-12(2-4-13)17-10-7-15(24-17)11-20-21-14-5-8-16(9-6-14)25(19,22)23/h1-11,21H,(H2,19,22,23). The van der Waals surface area contributed by atoms with Crippen molar-refractivity contribution in [3.8, 4) is 11.3 Å². The van der Waals surface area contributed by atoms with Gasteiger partial charge in [-0.2, -0.15) is 5.10 Å². The highest BCUT2D eigenvalue weighted by atomic mass is 127. The largest absolute Gasteiger partial charge is 0.455 e. The van der Waals surface area contributed by atoms with Crippen molar-refractivity contribution in [2.24, 2.45) is 10.2 Å². The van der Waals surface area contributed by atoms with Gasteiger partial charge in [0, 0.05) is 9.13 Å². The number of nitrogens with two attached hydrogens (primary N) is 1. The minimum Gasteiger partial charge on any atom is -0.455 e. The van der Waals surface area contributed by atoms with Crippen LogP contribution in [0.1, 0.15) is 5.76 Å². The summed E-state index contributed by atoms with van der Waals surface area (Å²) in [6, 6.07) is 17.7. The normalized spacial score (nSPS) is 11.8. The molecule has 6 nitrogen and oxygen atoms in total. The molecule has 0 fully saturated rings. The second-order valence-corrected chi connectivity index (χ2v) is 7.96. The number of hydrazone groups is 1. The molecular formula is C17H14IN3O3S. The fourth-order valence-corrected chi connectivity index (χ4v) is 2.96. The molecule has 0 radical (unpaired) electrons. The first-order chi connectivity index (χ1) is 11.9. The SMILES string of the molecule is NS(=O)(=O)c1ccc(NN=Cc2ccc(-c3ccc(I)cc3)o2)cc1. The summed E-state index contributed by atoms with van der Waals surface area (Å²) in [6.45, 7) is 0. The van der Waals surface area contributed by atoms with E-state index >= 15 is 0 Å². The van der Waals surface area contributed by atoms with E-state index in [-0.39, 0.29) is 4.90 Å². The van der Waals surface area contributed by atoms with Crippen LogP contribution in [0.5, 0.6) is 0 Å². The molecule has 0 aliphatic rings. The highest BCUT2D eigenvalue weighted by Gasteiger charge is 2.06. The fraction of sp³-hybridized carbons (Fsp3) is 0. The number of nitrogens with one attached hydrogen (secondary N) is 1. The monoisotopic (exact) mass is 467 g/mol. The number of hydrogen-bond acceptors (Lipinski definition) is 5. The number of rotatable bonds is 5. The Balaban J connectivity index is 1.66. The fourth-order valence-electron chi connectivity index (χ4n) is 2.08. The van der Waals surface area contributed by atoms with E-state index in [1.807, 2.05) is 36.4 Å². The Morgan fingerprint density at radius 1 is 1.00 bits per heavy atom. The maximum Gasteiger partial charge on any atom is 0.238 e. The first kappa shape index (κ1) is 17.6. The molecule has 0 unspecified atom stereocenters. The van der Waals surface area contributed by atoms with Crippen LogP contribution in [0.3, 0.4) is 0 Å². The van der Waals surface area contributed by atoms with Crippen molar-refractivity contribution in [3.05, 3.63) is 70.0 Å². The number of primary sulfonamides is 1. The van der Waals surface area contributed by atoms with Gasteiger partial charge >= 0.3 is 0 Å². The third-order valence-electron chi connectivity index (χ3n) is 3.32. The maximum atomic E-state index is 11.2. The summed E-state index contributed by atoms with van der Waals surface area (Å²) in [7, 11) is -3.69. The summed E-state index contributed by atoms with van der Waals surface area (Å²) in [4.78, 5) is 0.0511. The van der Waals surface area contributed by atoms with Crippen LogP contribution in [-0.2, 0) is 10.0 Å². The number of sulfonamides is 1. The molecular weight excluding hydrogens is 453 g/mol. The molecule has 3 N–H and O–H groups in total. The minimum atomic E-state index is -3.69. The smallest absolute Gasteiger partial charge is 0.238 e. The van der Waals surface area contributed by atoms with Gasteiger partial charge in [-0.1, -0.05) is 12.1 Å². The van der Waals surface area contributed by atoms with Crippen LogP contribution in [0.15, 0.2) is 75.1 Å². The summed E-state index contributed by atoms with van der Waals surface area (Å²) in [5.41, 5.74) is 4.43. The molecule has 0 amide bonds. The summed E-state index contributed by atoms with van der Waals surface area (Å²) in [5, 5.41) is 9.13. The molecule has 3 rings (SSSR count). The molecule has 0 saturated heterocycles. The Morgan fingerprint density at radius 2 is 1.68 bits per heavy atom. The maximum absolute atomic E-state index is 11.2. The lowest BCUT2D eigenvalue weighted by Gasteiger charge is -2.01. The van der Waals surface area contributed by atoms with Crippen molar-refractivity contribution in [2.45, 2.75) is 4.90 Å². The second-order valence-electron chi connectivity index (χ2n) is 5.15. The van der Waals surface area contributed by atoms with Gasteiger partial charge in [-0.3, -0.25) is 5.43 Å². The molecule has 0 saturated carbocycles. The van der Waals surface area contributed by atoms with Crippen molar-refractivity contribution < 1.29 is 12.8 Å². The lowest BCUT2D eigenvalue weighted by atomic mass is 10.2. The minimum absolute atomic E-state index is 0.0511. The third-order valence-corrected chi connectivity index (χ3v) is 4.97. The number of benzene rings is 2. The zero-order chi connectivity index (χ0) is 17.9. The van der Waals surface area contributed by atoms with Crippen LogP contribution < -0.4 is 10.6 Å². The number of furan rings is 1. The summed E-state index contributed by atoms with van der Waals surface area (Å²) in [6.07, 6.45) is 1.55. The van der Waals surface area contributed by atoms with Crippen LogP contribution in [0.25, 0.3) is 11.3 Å². The zero-order valence-corrected chi connectivity index (χ0v) is 15.9. The molecule has 0 aliphatic carbocycles. The van der Waals surface area contributed by atoms with Crippen molar-refractivity contribution in [2.75, 3.05) is 5.43 Å². The molecule has 0 spiro atoms. The van der Waals surface area contributed by atoms with E-state index in [2.05, 4.69) is 33.1 Å². The summed E-state index contributed by atoms with van der Waals surface area (Å²) in [5.74, 6) is 1.36. The molecule has 0 atom stereocenters. The van der Waals surface area contributed by atoms with E-state index in [0.717, 1.165) is 14.9 Å². The van der Waals surface area contributed by atoms with Crippen molar-refractivity contribution in [3.63, 3.8) is 0 Å². The third kappa shape index (κ3) is 4.68. The van der Waals surface area contributed by atoms with Crippen molar-refractivity contribution in [1.29, 1.82) is 0 Å². The van der Waals surface area contributed by atoms with E-state index in [9.17, 15) is 8.42 Å². The highest BCUT2D eigenvalue weighted by Crippen LogP contribution is 2.22. The Labute approximate surface area is 158 Å². The molecule has 25 heavy (non-hydrogen) atoms. The van der Waals surface area contributed by atoms with Gasteiger partial charge in [-0.15, -0.1) is 0 Å². The zero-order valence-electron chi connectivity index (χ0n) is 12.9. The van der Waals surface area contributed by atoms with Crippen LogP contribution in [0, 0.1) is 3.57 Å². The van der Waals surface area contributed by atoms with Crippen LogP contribution in [0.2, 0.25) is 0 Å². The Kier molecular flexibility index (Phi) is 5.21. The van der Waals surface area contributed by atoms with Gasteiger partial charge in [-0.05, 0) is 71.1 Å². The average Bonchev–Trinajstić information content (AvgIpc) is 3.04. The molecule has 3 aromatic rings. The van der Waals surface area contributed by atoms with Crippen LogP contribution in [0.4, 0.5) is 5.69 Å². The molecule has 1 heterocycles. The molecule has 8 heteroatoms. The Morgan fingerprint density at radius 3 is 2.32 bits per heavy atom. The van der Waals surface area contributed by atoms with Gasteiger partial charge < -0.3 is 4.42 Å². The quantitative estimate of drug-likeness (QED) is 0.340. The predicted octanol–water partition coefficient (Wildman–Crippen LogP) is 3.64. The lowest BCUT2D eigenvalue weighted by Crippen LogP contribution is -2.11. The van der Waals surface area contributed by atoms with E-state index in [1.165, 1.54) is 12.1 Å². The average molecular weight is 467 g/mol. The van der Waals surface area contributed by atoms with E-state index in [0.29, 0.717) is 11.4 Å². The number of hydrogen-bond donors (Lipinski definition) is 2. The first-order valence-corrected chi connectivity index (χ1v) is 9.82. The predicted molar refractivity (Wildman–Crippen MR) is 106 cm³/mol. The first-order valence-electron chi connectivity index (χ1n) is 7.19. The van der Waals surface area contributed by atoms with Crippen LogP contribution in [-0.4, -0.2) is 14.6 Å². The summed E-state index contributed by atoms with van der Waals surface area (Å²) < 4.78 is 29.3. The van der Waals surface area contributed by atoms with Crippen molar-refractivity contribution >= 4 is 44.5 Å². The molecule has 0 aliphatic heterocycles. The lowest BCUT2D eigenvalue weighted by molar-refractivity contribution is 0.575. The summed E-state index contributed by atoms with van der Waals surface area (Å²) >= 11 is 2.25. The Bertz CT molecular complexity index is 994.